The highest BCUT2D eigenvalue weighted by molar-refractivity contribution is 6.18. The quantitative estimate of drug-likeness (QED) is 0.618. The summed E-state index contributed by atoms with van der Waals surface area (Å²) < 4.78 is 10.7. The molecule has 1 spiro atoms. The Kier molecular flexibility index (Phi) is 4.33. The number of rotatable bonds is 3. The molecule has 1 unspecified atom stereocenters. The van der Waals surface area contributed by atoms with Gasteiger partial charge in [-0.3, -0.25) is 9.89 Å². The summed E-state index contributed by atoms with van der Waals surface area (Å²) >= 11 is 0. The minimum absolute atomic E-state index is 0.0401. The first-order chi connectivity index (χ1) is 15.4. The van der Waals surface area contributed by atoms with E-state index in [1.807, 2.05) is 55.5 Å². The molecule has 0 saturated heterocycles. The van der Waals surface area contributed by atoms with Gasteiger partial charge in [-0.25, -0.2) is 4.79 Å². The summed E-state index contributed by atoms with van der Waals surface area (Å²) in [4.78, 5) is 29.1. The summed E-state index contributed by atoms with van der Waals surface area (Å²) in [6.45, 7) is 4.13. The molecule has 0 bridgehead atoms. The SMILES string of the molecule is COC(=O)C1=C(N)Oc2n[nH]c(C)c2C12C(=O)N(Cc1ccccc1C)c1ccccc12. The van der Waals surface area contributed by atoms with Gasteiger partial charge in [0.05, 0.1) is 19.2 Å². The Labute approximate surface area is 184 Å². The molecule has 32 heavy (non-hydrogen) atoms. The van der Waals surface area contributed by atoms with E-state index in [1.54, 1.807) is 11.8 Å². The number of fused-ring (bicyclic) bond motifs is 4. The van der Waals surface area contributed by atoms with Gasteiger partial charge in [0.1, 0.15) is 11.0 Å². The number of aryl methyl sites for hydroxylation is 2. The van der Waals surface area contributed by atoms with Crippen molar-refractivity contribution < 1.29 is 19.1 Å². The van der Waals surface area contributed by atoms with Crippen molar-refractivity contribution in [3.63, 3.8) is 0 Å². The summed E-state index contributed by atoms with van der Waals surface area (Å²) in [7, 11) is 1.25. The molecule has 8 nitrogen and oxygen atoms in total. The monoisotopic (exact) mass is 430 g/mol. The Balaban J connectivity index is 1.81. The number of carbonyl (C=O) groups excluding carboxylic acids is 2. The van der Waals surface area contributed by atoms with Crippen molar-refractivity contribution in [3.8, 4) is 5.88 Å². The summed E-state index contributed by atoms with van der Waals surface area (Å²) in [5, 5.41) is 7.06. The third-order valence-electron chi connectivity index (χ3n) is 6.26. The lowest BCUT2D eigenvalue weighted by atomic mass is 9.68. The van der Waals surface area contributed by atoms with Gasteiger partial charge in [0.2, 0.25) is 17.7 Å². The summed E-state index contributed by atoms with van der Waals surface area (Å²) in [5.74, 6) is -1.06. The average Bonchev–Trinajstić information content (AvgIpc) is 3.27. The molecule has 0 radical (unpaired) electrons. The third-order valence-corrected chi connectivity index (χ3v) is 6.26. The fraction of sp³-hybridized carbons (Fsp3) is 0.208. The Morgan fingerprint density at radius 1 is 1.19 bits per heavy atom. The molecule has 2 aliphatic heterocycles. The fourth-order valence-corrected chi connectivity index (χ4v) is 4.79. The van der Waals surface area contributed by atoms with Gasteiger partial charge in [-0.2, -0.15) is 0 Å². The molecular weight excluding hydrogens is 408 g/mol. The number of ether oxygens (including phenoxy) is 2. The molecule has 2 aromatic carbocycles. The van der Waals surface area contributed by atoms with Gasteiger partial charge in [-0.05, 0) is 31.0 Å². The van der Waals surface area contributed by atoms with Crippen LogP contribution in [0.15, 0.2) is 60.0 Å². The number of methoxy groups -OCH3 is 1. The van der Waals surface area contributed by atoms with E-state index in [9.17, 15) is 9.59 Å². The van der Waals surface area contributed by atoms with Crippen molar-refractivity contribution >= 4 is 17.6 Å². The maximum Gasteiger partial charge on any atom is 0.340 e. The van der Waals surface area contributed by atoms with Crippen LogP contribution in [-0.2, 0) is 26.3 Å². The maximum absolute atomic E-state index is 14.4. The van der Waals surface area contributed by atoms with Gasteiger partial charge < -0.3 is 20.1 Å². The lowest BCUT2D eigenvalue weighted by Crippen LogP contribution is -2.48. The minimum atomic E-state index is -1.53. The number of H-pyrrole nitrogens is 1. The van der Waals surface area contributed by atoms with E-state index in [1.165, 1.54) is 7.11 Å². The zero-order chi connectivity index (χ0) is 22.6. The lowest BCUT2D eigenvalue weighted by Gasteiger charge is -2.34. The van der Waals surface area contributed by atoms with Crippen LogP contribution >= 0.6 is 0 Å². The van der Waals surface area contributed by atoms with Gasteiger partial charge in [-0.1, -0.05) is 42.5 Å². The molecule has 2 aliphatic rings. The number of hydrogen-bond acceptors (Lipinski definition) is 6. The van der Waals surface area contributed by atoms with Crippen LogP contribution in [-0.4, -0.2) is 29.2 Å². The second-order valence-electron chi connectivity index (χ2n) is 7.95. The van der Waals surface area contributed by atoms with Crippen LogP contribution in [0.25, 0.3) is 0 Å². The van der Waals surface area contributed by atoms with Gasteiger partial charge in [-0.15, -0.1) is 5.10 Å². The Morgan fingerprint density at radius 3 is 2.66 bits per heavy atom. The lowest BCUT2D eigenvalue weighted by molar-refractivity contribution is -0.138. The van der Waals surface area contributed by atoms with Crippen molar-refractivity contribution in [2.24, 2.45) is 5.73 Å². The van der Waals surface area contributed by atoms with Crippen LogP contribution in [0.1, 0.15) is 27.9 Å². The van der Waals surface area contributed by atoms with Crippen molar-refractivity contribution in [3.05, 3.63) is 87.9 Å². The number of nitrogens with one attached hydrogen (secondary N) is 1. The summed E-state index contributed by atoms with van der Waals surface area (Å²) in [6, 6.07) is 15.3. The predicted molar refractivity (Wildman–Crippen MR) is 117 cm³/mol. The molecule has 162 valence electrons. The predicted octanol–water partition coefficient (Wildman–Crippen LogP) is 2.60. The smallest absolute Gasteiger partial charge is 0.340 e. The first-order valence-electron chi connectivity index (χ1n) is 10.2. The molecule has 0 saturated carbocycles. The highest BCUT2D eigenvalue weighted by Crippen LogP contribution is 2.56. The first-order valence-corrected chi connectivity index (χ1v) is 10.2. The third kappa shape index (κ3) is 2.46. The van der Waals surface area contributed by atoms with E-state index in [0.29, 0.717) is 29.1 Å². The molecule has 3 N–H and O–H groups in total. The molecule has 1 aromatic heterocycles. The van der Waals surface area contributed by atoms with E-state index >= 15 is 0 Å². The summed E-state index contributed by atoms with van der Waals surface area (Å²) in [5.41, 5.74) is 9.11. The Morgan fingerprint density at radius 2 is 1.91 bits per heavy atom. The van der Waals surface area contributed by atoms with E-state index in [0.717, 1.165) is 11.1 Å². The zero-order valence-electron chi connectivity index (χ0n) is 17.9. The maximum atomic E-state index is 14.4. The van der Waals surface area contributed by atoms with Crippen molar-refractivity contribution in [1.82, 2.24) is 10.2 Å². The molecule has 3 aromatic rings. The van der Waals surface area contributed by atoms with Gasteiger partial charge in [0.15, 0.2) is 0 Å². The summed E-state index contributed by atoms with van der Waals surface area (Å²) in [6.07, 6.45) is 0. The molecule has 1 atom stereocenters. The molecular formula is C24H22N4O4. The normalized spacial score (nSPS) is 19.1. The zero-order valence-corrected chi connectivity index (χ0v) is 17.9. The van der Waals surface area contributed by atoms with Crippen LogP contribution < -0.4 is 15.4 Å². The first kappa shape index (κ1) is 19.9. The van der Waals surface area contributed by atoms with E-state index in [-0.39, 0.29) is 23.2 Å². The van der Waals surface area contributed by atoms with E-state index in [4.69, 9.17) is 15.2 Å². The van der Waals surface area contributed by atoms with Crippen LogP contribution in [0.3, 0.4) is 0 Å². The van der Waals surface area contributed by atoms with Crippen LogP contribution in [0, 0.1) is 13.8 Å². The van der Waals surface area contributed by atoms with Crippen LogP contribution in [0.2, 0.25) is 0 Å². The van der Waals surface area contributed by atoms with Crippen LogP contribution in [0.4, 0.5) is 5.69 Å². The van der Waals surface area contributed by atoms with E-state index in [2.05, 4.69) is 10.2 Å². The number of anilines is 1. The number of esters is 1. The number of carbonyl (C=O) groups is 2. The molecule has 5 rings (SSSR count). The van der Waals surface area contributed by atoms with Gasteiger partial charge in [0.25, 0.3) is 0 Å². The molecule has 0 aliphatic carbocycles. The van der Waals surface area contributed by atoms with Gasteiger partial charge >= 0.3 is 5.97 Å². The van der Waals surface area contributed by atoms with Crippen molar-refractivity contribution in [2.75, 3.05) is 12.0 Å². The standard InChI is InChI=1S/C24H22N4O4/c1-13-8-4-5-9-15(13)12-28-17-11-7-6-10-16(17)24(23(28)30)18-14(2)26-27-21(18)32-20(25)19(24)22(29)31-3/h4-11H,12,25H2,1-3H3,(H,26,27). The highest BCUT2D eigenvalue weighted by atomic mass is 16.5. The number of hydrogen-bond donors (Lipinski definition) is 2. The molecule has 3 heterocycles. The number of benzene rings is 2. The average molecular weight is 430 g/mol. The number of nitrogens with zero attached hydrogens (tertiary/aromatic N) is 2. The van der Waals surface area contributed by atoms with Crippen molar-refractivity contribution in [2.45, 2.75) is 25.8 Å². The number of aromatic amines is 1. The minimum Gasteiger partial charge on any atom is -0.465 e. The van der Waals surface area contributed by atoms with Crippen LogP contribution in [0.5, 0.6) is 5.88 Å². The number of aromatic nitrogens is 2. The number of nitrogens with two attached hydrogens (primary N) is 1. The molecule has 8 heteroatoms. The van der Waals surface area contributed by atoms with Crippen molar-refractivity contribution in [1.29, 1.82) is 0 Å². The van der Waals surface area contributed by atoms with E-state index < -0.39 is 11.4 Å². The second kappa shape index (κ2) is 6.98. The Bertz CT molecular complexity index is 1310. The highest BCUT2D eigenvalue weighted by Gasteiger charge is 2.62. The van der Waals surface area contributed by atoms with Gasteiger partial charge in [0, 0.05) is 16.9 Å². The number of para-hydroxylation sites is 1. The number of amides is 1. The molecule has 1 amide bonds. The topological polar surface area (TPSA) is 111 Å². The molecule has 0 fully saturated rings. The second-order valence-corrected chi connectivity index (χ2v) is 7.95. The fourth-order valence-electron chi connectivity index (χ4n) is 4.79. The Hall–Kier alpha value is -4.07. The largest absolute Gasteiger partial charge is 0.465 e.